The molecule has 0 fully saturated rings. The van der Waals surface area contributed by atoms with Crippen molar-refractivity contribution in [2.24, 2.45) is 5.41 Å². The summed E-state index contributed by atoms with van der Waals surface area (Å²) in [5.41, 5.74) is -1.11. The summed E-state index contributed by atoms with van der Waals surface area (Å²) < 4.78 is 0. The van der Waals surface area contributed by atoms with Gasteiger partial charge >= 0.3 is 5.97 Å². The Bertz CT molecular complexity index is 246. The highest BCUT2D eigenvalue weighted by Crippen LogP contribution is 2.12. The number of unbranched alkanes of at least 4 members (excludes halogenated alkanes) is 6. The normalized spacial score (nSPS) is 10.7. The summed E-state index contributed by atoms with van der Waals surface area (Å²) in [6, 6.07) is 0. The summed E-state index contributed by atoms with van der Waals surface area (Å²) in [5, 5.41) is 42.4. The lowest BCUT2D eigenvalue weighted by Crippen LogP contribution is -2.37. The van der Waals surface area contributed by atoms with Crippen LogP contribution in [0.1, 0.15) is 51.4 Å². The zero-order valence-corrected chi connectivity index (χ0v) is 13.4. The molecule has 0 aromatic rings. The quantitative estimate of drug-likeness (QED) is 0.258. The lowest BCUT2D eigenvalue weighted by molar-refractivity contribution is -0.137. The van der Waals surface area contributed by atoms with E-state index in [0.29, 0.717) is 6.42 Å². The number of aliphatic carboxylic acids is 1. The molecule has 0 bridgehead atoms. The molecule has 0 heterocycles. The van der Waals surface area contributed by atoms with Crippen molar-refractivity contribution in [3.8, 4) is 0 Å². The summed E-state index contributed by atoms with van der Waals surface area (Å²) in [4.78, 5) is 10.2. The van der Waals surface area contributed by atoms with E-state index < -0.39 is 37.8 Å². The van der Waals surface area contributed by atoms with Crippen LogP contribution >= 0.6 is 0 Å². The van der Waals surface area contributed by atoms with E-state index in [4.69, 9.17) is 25.5 Å². The van der Waals surface area contributed by atoms with Gasteiger partial charge in [-0.1, -0.05) is 31.8 Å². The first-order chi connectivity index (χ1) is 10.5. The van der Waals surface area contributed by atoms with Crippen LogP contribution in [0, 0.1) is 5.41 Å². The number of carboxylic acid groups (broad SMARTS) is 1. The highest BCUT2D eigenvalue weighted by molar-refractivity contribution is 5.66. The molecule has 0 unspecified atom stereocenters. The second kappa shape index (κ2) is 16.4. The van der Waals surface area contributed by atoms with Crippen LogP contribution in [-0.4, -0.2) is 57.9 Å². The molecule has 132 valence electrons. The third-order valence-corrected chi connectivity index (χ3v) is 3.39. The molecule has 0 saturated carbocycles. The fraction of sp³-hybridized carbons (Fsp3) is 0.812. The highest BCUT2D eigenvalue weighted by Gasteiger charge is 2.26. The molecular formula is C16H32O6. The van der Waals surface area contributed by atoms with Crippen LogP contribution in [-0.2, 0) is 4.79 Å². The van der Waals surface area contributed by atoms with Crippen LogP contribution in [0.3, 0.4) is 0 Å². The molecule has 0 aromatic heterocycles. The monoisotopic (exact) mass is 320 g/mol. The van der Waals surface area contributed by atoms with Gasteiger partial charge in [0.05, 0.1) is 31.8 Å². The summed E-state index contributed by atoms with van der Waals surface area (Å²) >= 11 is 0. The van der Waals surface area contributed by atoms with E-state index >= 15 is 0 Å². The topological polar surface area (TPSA) is 118 Å². The first-order valence-corrected chi connectivity index (χ1v) is 7.78. The van der Waals surface area contributed by atoms with Crippen molar-refractivity contribution in [2.75, 3.05) is 26.4 Å². The van der Waals surface area contributed by atoms with E-state index in [0.717, 1.165) is 19.3 Å². The van der Waals surface area contributed by atoms with Gasteiger partial charge in [0, 0.05) is 6.42 Å². The summed E-state index contributed by atoms with van der Waals surface area (Å²) in [6.07, 6.45) is 10.1. The molecule has 6 heteroatoms. The van der Waals surface area contributed by atoms with E-state index in [9.17, 15) is 4.79 Å². The van der Waals surface area contributed by atoms with Gasteiger partial charge in [-0.2, -0.15) is 0 Å². The average molecular weight is 320 g/mol. The molecule has 0 spiro atoms. The Balaban J connectivity index is 0. The molecule has 0 amide bonds. The molecular weight excluding hydrogens is 288 g/mol. The van der Waals surface area contributed by atoms with Gasteiger partial charge in [-0.15, -0.1) is 6.58 Å². The number of allylic oxidation sites excluding steroid dienone is 1. The minimum atomic E-state index is -1.11. The smallest absolute Gasteiger partial charge is 0.303 e. The summed E-state index contributed by atoms with van der Waals surface area (Å²) in [6.45, 7) is 2.04. The number of hydrogen-bond acceptors (Lipinski definition) is 5. The highest BCUT2D eigenvalue weighted by atomic mass is 16.4. The van der Waals surface area contributed by atoms with Crippen molar-refractivity contribution in [1.29, 1.82) is 0 Å². The van der Waals surface area contributed by atoms with Gasteiger partial charge in [0.25, 0.3) is 0 Å². The van der Waals surface area contributed by atoms with Gasteiger partial charge < -0.3 is 25.5 Å². The second-order valence-electron chi connectivity index (χ2n) is 5.47. The predicted molar refractivity (Wildman–Crippen MR) is 85.5 cm³/mol. The van der Waals surface area contributed by atoms with E-state index in [1.807, 2.05) is 6.08 Å². The van der Waals surface area contributed by atoms with Crippen molar-refractivity contribution >= 4 is 5.97 Å². The third kappa shape index (κ3) is 14.0. The Kier molecular flexibility index (Phi) is 17.4. The number of carbonyl (C=O) groups is 1. The fourth-order valence-electron chi connectivity index (χ4n) is 1.57. The number of carboxylic acids is 1. The Hall–Kier alpha value is -0.950. The lowest BCUT2D eigenvalue weighted by Gasteiger charge is -2.23. The van der Waals surface area contributed by atoms with Gasteiger partial charge in [-0.05, 0) is 19.3 Å². The van der Waals surface area contributed by atoms with Crippen LogP contribution in [0.4, 0.5) is 0 Å². The second-order valence-corrected chi connectivity index (χ2v) is 5.47. The standard InChI is InChI=1S/C11H20O2.C5H12O4/c1-2-3-4-5-6-7-8-9-10-11(12)13;6-1-5(2-7,3-8)4-9/h2H,1,3-10H2,(H,12,13);6-9H,1-4H2. The summed E-state index contributed by atoms with van der Waals surface area (Å²) in [5.74, 6) is -0.674. The molecule has 0 saturated heterocycles. The van der Waals surface area contributed by atoms with Gasteiger partial charge in [0.2, 0.25) is 0 Å². The van der Waals surface area contributed by atoms with Crippen molar-refractivity contribution < 1.29 is 30.3 Å². The Morgan fingerprint density at radius 1 is 0.818 bits per heavy atom. The zero-order valence-electron chi connectivity index (χ0n) is 13.4. The molecule has 22 heavy (non-hydrogen) atoms. The Morgan fingerprint density at radius 2 is 1.23 bits per heavy atom. The largest absolute Gasteiger partial charge is 0.481 e. The zero-order chi connectivity index (χ0) is 17.3. The molecule has 0 radical (unpaired) electrons. The number of rotatable bonds is 13. The minimum Gasteiger partial charge on any atom is -0.481 e. The molecule has 0 rings (SSSR count). The van der Waals surface area contributed by atoms with Crippen LogP contribution < -0.4 is 0 Å². The molecule has 5 N–H and O–H groups in total. The molecule has 0 aliphatic heterocycles. The first-order valence-electron chi connectivity index (χ1n) is 7.78. The average Bonchev–Trinajstić information content (AvgIpc) is 2.53. The minimum absolute atomic E-state index is 0.326. The number of hydrogen-bond donors (Lipinski definition) is 5. The van der Waals surface area contributed by atoms with E-state index in [2.05, 4.69) is 6.58 Å². The molecule has 0 aliphatic carbocycles. The van der Waals surface area contributed by atoms with Crippen LogP contribution in [0.25, 0.3) is 0 Å². The van der Waals surface area contributed by atoms with E-state index in [1.165, 1.54) is 25.7 Å². The first kappa shape index (κ1) is 23.3. The molecule has 0 aromatic carbocycles. The predicted octanol–water partition coefficient (Wildman–Crippen LogP) is 1.32. The SMILES string of the molecule is C=CCCCCCCCCC(=O)O.OCC(CO)(CO)CO. The van der Waals surface area contributed by atoms with Crippen molar-refractivity contribution in [3.05, 3.63) is 12.7 Å². The molecule has 0 aliphatic rings. The number of aliphatic hydroxyl groups excluding tert-OH is 4. The van der Waals surface area contributed by atoms with Crippen LogP contribution in [0.15, 0.2) is 12.7 Å². The lowest BCUT2D eigenvalue weighted by atomic mass is 9.93. The van der Waals surface area contributed by atoms with E-state index in [1.54, 1.807) is 0 Å². The van der Waals surface area contributed by atoms with Gasteiger partial charge in [-0.3, -0.25) is 4.79 Å². The van der Waals surface area contributed by atoms with Crippen molar-refractivity contribution in [2.45, 2.75) is 51.4 Å². The van der Waals surface area contributed by atoms with Gasteiger partial charge in [0.15, 0.2) is 0 Å². The molecule has 0 atom stereocenters. The maximum atomic E-state index is 10.2. The fourth-order valence-corrected chi connectivity index (χ4v) is 1.57. The van der Waals surface area contributed by atoms with Gasteiger partial charge in [0.1, 0.15) is 0 Å². The third-order valence-electron chi connectivity index (χ3n) is 3.39. The van der Waals surface area contributed by atoms with Crippen molar-refractivity contribution in [3.63, 3.8) is 0 Å². The summed E-state index contributed by atoms with van der Waals surface area (Å²) in [7, 11) is 0. The van der Waals surface area contributed by atoms with Gasteiger partial charge in [-0.25, -0.2) is 0 Å². The van der Waals surface area contributed by atoms with E-state index in [-0.39, 0.29) is 0 Å². The van der Waals surface area contributed by atoms with Crippen molar-refractivity contribution in [1.82, 2.24) is 0 Å². The Morgan fingerprint density at radius 3 is 1.55 bits per heavy atom. The maximum Gasteiger partial charge on any atom is 0.303 e. The molecule has 6 nitrogen and oxygen atoms in total. The Labute approximate surface area is 133 Å². The van der Waals surface area contributed by atoms with Crippen LogP contribution in [0.2, 0.25) is 0 Å². The maximum absolute atomic E-state index is 10.2. The van der Waals surface area contributed by atoms with Crippen LogP contribution in [0.5, 0.6) is 0 Å². The number of aliphatic hydroxyl groups is 4.